The Labute approximate surface area is 183 Å². The van der Waals surface area contributed by atoms with Crippen molar-refractivity contribution in [1.82, 2.24) is 0 Å². The topological polar surface area (TPSA) is 47.6 Å². The molecule has 31 heavy (non-hydrogen) atoms. The molecule has 0 fully saturated rings. The highest BCUT2D eigenvalue weighted by molar-refractivity contribution is 5.63. The molecule has 0 saturated carbocycles. The molecule has 0 amide bonds. The van der Waals surface area contributed by atoms with Crippen LogP contribution < -0.4 is 0 Å². The van der Waals surface area contributed by atoms with E-state index >= 15 is 0 Å². The summed E-state index contributed by atoms with van der Waals surface area (Å²) in [6, 6.07) is 39.6. The van der Waals surface area contributed by atoms with Gasteiger partial charge in [0.25, 0.3) is 0 Å². The fraction of sp³-hybridized carbons (Fsp3) is 0.0345. The second kappa shape index (κ2) is 11.4. The highest BCUT2D eigenvalue weighted by Gasteiger charge is 1.95. The van der Waals surface area contributed by atoms with Crippen molar-refractivity contribution in [1.29, 1.82) is 10.5 Å². The Bertz CT molecular complexity index is 1230. The number of hydrogen-bond acceptors (Lipinski definition) is 2. The van der Waals surface area contributed by atoms with E-state index in [9.17, 15) is 0 Å². The third kappa shape index (κ3) is 6.76. The highest BCUT2D eigenvalue weighted by atomic mass is 14.2. The SMILES string of the molecule is N#CCc1ccc(C#Cc2ccccc2)cc1.N#Cc1ccc(-c2ccccc2)cc1. The molecule has 0 unspecified atom stereocenters. The van der Waals surface area contributed by atoms with Gasteiger partial charge in [-0.1, -0.05) is 84.6 Å². The van der Waals surface area contributed by atoms with Crippen molar-refractivity contribution in [3.8, 4) is 35.1 Å². The predicted molar refractivity (Wildman–Crippen MR) is 125 cm³/mol. The fourth-order valence-electron chi connectivity index (χ4n) is 2.83. The molecule has 2 heteroatoms. The van der Waals surface area contributed by atoms with Gasteiger partial charge in [-0.3, -0.25) is 0 Å². The van der Waals surface area contributed by atoms with Gasteiger partial charge in [-0.2, -0.15) is 10.5 Å². The van der Waals surface area contributed by atoms with Gasteiger partial charge in [0.15, 0.2) is 0 Å². The molecule has 4 rings (SSSR count). The molecule has 0 aliphatic heterocycles. The van der Waals surface area contributed by atoms with Crippen molar-refractivity contribution in [2.45, 2.75) is 6.42 Å². The number of nitrogens with zero attached hydrogens (tertiary/aromatic N) is 2. The van der Waals surface area contributed by atoms with Crippen LogP contribution in [0.25, 0.3) is 11.1 Å². The maximum atomic E-state index is 8.65. The van der Waals surface area contributed by atoms with Crippen LogP contribution in [0.4, 0.5) is 0 Å². The molecule has 0 aliphatic rings. The minimum Gasteiger partial charge on any atom is -0.198 e. The van der Waals surface area contributed by atoms with Crippen LogP contribution in [0.2, 0.25) is 0 Å². The Hall–Kier alpha value is -4.58. The van der Waals surface area contributed by atoms with E-state index in [4.69, 9.17) is 10.5 Å². The first kappa shape index (κ1) is 21.1. The molecule has 0 heterocycles. The summed E-state index contributed by atoms with van der Waals surface area (Å²) in [6.45, 7) is 0. The summed E-state index contributed by atoms with van der Waals surface area (Å²) in [5, 5.41) is 17.2. The number of hydrogen-bond donors (Lipinski definition) is 0. The second-order valence-electron chi connectivity index (χ2n) is 6.70. The summed E-state index contributed by atoms with van der Waals surface area (Å²) in [7, 11) is 0. The van der Waals surface area contributed by atoms with Gasteiger partial charge in [0.05, 0.1) is 24.1 Å². The normalized spacial score (nSPS) is 9.10. The zero-order valence-corrected chi connectivity index (χ0v) is 17.0. The van der Waals surface area contributed by atoms with Crippen LogP contribution >= 0.6 is 0 Å². The van der Waals surface area contributed by atoms with Crippen LogP contribution in [-0.2, 0) is 6.42 Å². The Kier molecular flexibility index (Phi) is 7.79. The Morgan fingerprint density at radius 1 is 0.484 bits per heavy atom. The van der Waals surface area contributed by atoms with Crippen molar-refractivity contribution < 1.29 is 0 Å². The van der Waals surface area contributed by atoms with Crippen LogP contribution in [0, 0.1) is 34.5 Å². The molecule has 0 N–H and O–H groups in total. The van der Waals surface area contributed by atoms with Gasteiger partial charge in [0, 0.05) is 11.1 Å². The molecular weight excluding hydrogens is 376 g/mol. The summed E-state index contributed by atoms with van der Waals surface area (Å²) < 4.78 is 0. The molecule has 0 aliphatic carbocycles. The van der Waals surface area contributed by atoms with Crippen molar-refractivity contribution in [2.24, 2.45) is 0 Å². The quantitative estimate of drug-likeness (QED) is 0.369. The Balaban J connectivity index is 0.000000179. The minimum absolute atomic E-state index is 0.451. The molecule has 4 aromatic carbocycles. The van der Waals surface area contributed by atoms with Crippen LogP contribution in [-0.4, -0.2) is 0 Å². The van der Waals surface area contributed by atoms with E-state index in [1.54, 1.807) is 0 Å². The first-order chi connectivity index (χ1) is 15.3. The molecule has 2 nitrogen and oxygen atoms in total. The highest BCUT2D eigenvalue weighted by Crippen LogP contribution is 2.18. The smallest absolute Gasteiger partial charge is 0.0991 e. The van der Waals surface area contributed by atoms with Crippen molar-refractivity contribution in [3.05, 3.63) is 131 Å². The van der Waals surface area contributed by atoms with E-state index in [1.165, 1.54) is 5.56 Å². The van der Waals surface area contributed by atoms with Gasteiger partial charge in [0.1, 0.15) is 0 Å². The van der Waals surface area contributed by atoms with Crippen LogP contribution in [0.5, 0.6) is 0 Å². The number of nitriles is 2. The third-order valence-corrected chi connectivity index (χ3v) is 4.48. The lowest BCUT2D eigenvalue weighted by Gasteiger charge is -1.99. The summed E-state index contributed by atoms with van der Waals surface area (Å²) in [6.07, 6.45) is 0.451. The van der Waals surface area contributed by atoms with Crippen molar-refractivity contribution >= 4 is 0 Å². The van der Waals surface area contributed by atoms with Crippen LogP contribution in [0.15, 0.2) is 109 Å². The predicted octanol–water partition coefficient (Wildman–Crippen LogP) is 6.38. The van der Waals surface area contributed by atoms with E-state index in [0.29, 0.717) is 12.0 Å². The molecule has 0 atom stereocenters. The largest absolute Gasteiger partial charge is 0.198 e. The average molecular weight is 396 g/mol. The van der Waals surface area contributed by atoms with E-state index in [2.05, 4.69) is 36.1 Å². The molecule has 0 spiro atoms. The van der Waals surface area contributed by atoms with Gasteiger partial charge in [-0.15, -0.1) is 0 Å². The van der Waals surface area contributed by atoms with Crippen molar-refractivity contribution in [3.63, 3.8) is 0 Å². The molecule has 146 valence electrons. The summed E-state index contributed by atoms with van der Waals surface area (Å²) >= 11 is 0. The monoisotopic (exact) mass is 396 g/mol. The molecule has 0 radical (unpaired) electrons. The molecular formula is C29H20N2. The molecule has 0 bridgehead atoms. The standard InChI is InChI=1S/C16H11N.C13H9N/c17-13-12-16-10-8-15(9-11-16)7-6-14-4-2-1-3-5-14;14-10-11-6-8-13(9-7-11)12-4-2-1-3-5-12/h1-5,8-11H,12H2;1-9H. The molecule has 0 aromatic heterocycles. The van der Waals surface area contributed by atoms with E-state index in [0.717, 1.165) is 22.3 Å². The first-order valence-electron chi connectivity index (χ1n) is 9.87. The van der Waals surface area contributed by atoms with E-state index in [1.807, 2.05) is 97.1 Å². The summed E-state index contributed by atoms with van der Waals surface area (Å²) in [4.78, 5) is 0. The third-order valence-electron chi connectivity index (χ3n) is 4.48. The number of benzene rings is 4. The van der Waals surface area contributed by atoms with Crippen molar-refractivity contribution in [2.75, 3.05) is 0 Å². The average Bonchev–Trinajstić information content (AvgIpc) is 2.85. The van der Waals surface area contributed by atoms with Gasteiger partial charge in [-0.25, -0.2) is 0 Å². The number of rotatable bonds is 2. The second-order valence-corrected chi connectivity index (χ2v) is 6.70. The van der Waals surface area contributed by atoms with Gasteiger partial charge >= 0.3 is 0 Å². The summed E-state index contributed by atoms with van der Waals surface area (Å²) in [5.41, 5.74) is 6.02. The minimum atomic E-state index is 0.451. The first-order valence-corrected chi connectivity index (χ1v) is 9.87. The van der Waals surface area contributed by atoms with E-state index in [-0.39, 0.29) is 0 Å². The van der Waals surface area contributed by atoms with Crippen LogP contribution in [0.1, 0.15) is 22.3 Å². The van der Waals surface area contributed by atoms with Crippen LogP contribution in [0.3, 0.4) is 0 Å². The lowest BCUT2D eigenvalue weighted by atomic mass is 10.0. The fourth-order valence-corrected chi connectivity index (χ4v) is 2.83. The lowest BCUT2D eigenvalue weighted by molar-refractivity contribution is 1.26. The van der Waals surface area contributed by atoms with E-state index < -0.39 is 0 Å². The lowest BCUT2D eigenvalue weighted by Crippen LogP contribution is -1.81. The maximum Gasteiger partial charge on any atom is 0.0991 e. The maximum absolute atomic E-state index is 8.65. The zero-order valence-electron chi connectivity index (χ0n) is 17.0. The Morgan fingerprint density at radius 2 is 0.968 bits per heavy atom. The molecule has 4 aromatic rings. The molecule has 0 saturated heterocycles. The van der Waals surface area contributed by atoms with Gasteiger partial charge in [0.2, 0.25) is 0 Å². The zero-order chi connectivity index (χ0) is 21.7. The summed E-state index contributed by atoms with van der Waals surface area (Å²) in [5.74, 6) is 6.19. The Morgan fingerprint density at radius 3 is 1.52 bits per heavy atom. The van der Waals surface area contributed by atoms with Gasteiger partial charge in [-0.05, 0) is 53.1 Å². The van der Waals surface area contributed by atoms with Gasteiger partial charge < -0.3 is 0 Å².